The third-order valence-electron chi connectivity index (χ3n) is 3.31. The minimum absolute atomic E-state index is 0.603. The Balaban J connectivity index is 1.98. The first kappa shape index (κ1) is 13.0. The van der Waals surface area contributed by atoms with Crippen LogP contribution in [-0.4, -0.2) is 35.1 Å². The van der Waals surface area contributed by atoms with Gasteiger partial charge in [-0.05, 0) is 19.3 Å². The zero-order valence-electron chi connectivity index (χ0n) is 11.0. The molecule has 4 heteroatoms. The van der Waals surface area contributed by atoms with Crippen molar-refractivity contribution in [3.05, 3.63) is 16.6 Å². The first-order valence-electron chi connectivity index (χ1n) is 6.50. The van der Waals surface area contributed by atoms with Crippen molar-refractivity contribution in [2.75, 3.05) is 13.1 Å². The van der Waals surface area contributed by atoms with Crippen LogP contribution in [0.15, 0.2) is 11.7 Å². The van der Waals surface area contributed by atoms with E-state index in [-0.39, 0.29) is 0 Å². The second-order valence-corrected chi connectivity index (χ2v) is 6.46. The van der Waals surface area contributed by atoms with Gasteiger partial charge in [0.1, 0.15) is 0 Å². The minimum atomic E-state index is 0.603. The maximum absolute atomic E-state index is 4.17. The van der Waals surface area contributed by atoms with Gasteiger partial charge in [-0.3, -0.25) is 9.88 Å². The van der Waals surface area contributed by atoms with Gasteiger partial charge in [0, 0.05) is 42.8 Å². The zero-order chi connectivity index (χ0) is 12.3. The van der Waals surface area contributed by atoms with E-state index in [0.29, 0.717) is 12.1 Å². The highest BCUT2D eigenvalue weighted by atomic mass is 32.1. The summed E-state index contributed by atoms with van der Waals surface area (Å²) in [5, 5.41) is 3.59. The monoisotopic (exact) mass is 253 g/mol. The molecule has 0 bridgehead atoms. The van der Waals surface area contributed by atoms with Crippen LogP contribution in [0.3, 0.4) is 0 Å². The van der Waals surface area contributed by atoms with Crippen LogP contribution in [0.2, 0.25) is 0 Å². The summed E-state index contributed by atoms with van der Waals surface area (Å²) in [6, 6.07) is 1.28. The Hall–Kier alpha value is -0.450. The second-order valence-electron chi connectivity index (χ2n) is 5.49. The van der Waals surface area contributed by atoms with Crippen LogP contribution in [0.25, 0.3) is 0 Å². The van der Waals surface area contributed by atoms with E-state index in [9.17, 15) is 0 Å². The zero-order valence-corrected chi connectivity index (χ0v) is 11.8. The number of hydrogen-bond donors (Lipinski definition) is 1. The molecular weight excluding hydrogens is 230 g/mol. The SMILES string of the molecule is CC(C)CC1CNC(C)CN1Cc1cncs1. The van der Waals surface area contributed by atoms with Gasteiger partial charge in [-0.2, -0.15) is 0 Å². The molecule has 1 aliphatic rings. The lowest BCUT2D eigenvalue weighted by Gasteiger charge is -2.40. The molecule has 1 saturated heterocycles. The molecule has 1 aromatic heterocycles. The third kappa shape index (κ3) is 3.76. The second kappa shape index (κ2) is 5.94. The van der Waals surface area contributed by atoms with Gasteiger partial charge in [0.15, 0.2) is 0 Å². The van der Waals surface area contributed by atoms with Crippen LogP contribution >= 0.6 is 11.3 Å². The van der Waals surface area contributed by atoms with E-state index in [2.05, 4.69) is 36.0 Å². The summed E-state index contributed by atoms with van der Waals surface area (Å²) in [5.41, 5.74) is 1.93. The number of rotatable bonds is 4. The van der Waals surface area contributed by atoms with Crippen molar-refractivity contribution in [3.63, 3.8) is 0 Å². The Morgan fingerprint density at radius 2 is 2.41 bits per heavy atom. The lowest BCUT2D eigenvalue weighted by atomic mass is 9.99. The lowest BCUT2D eigenvalue weighted by molar-refractivity contribution is 0.112. The van der Waals surface area contributed by atoms with Crippen LogP contribution < -0.4 is 5.32 Å². The number of thiazole rings is 1. The summed E-state index contributed by atoms with van der Waals surface area (Å²) in [7, 11) is 0. The normalized spacial score (nSPS) is 26.6. The molecule has 2 rings (SSSR count). The first-order valence-corrected chi connectivity index (χ1v) is 7.38. The van der Waals surface area contributed by atoms with Crippen molar-refractivity contribution in [2.24, 2.45) is 5.92 Å². The number of nitrogens with zero attached hydrogens (tertiary/aromatic N) is 2. The van der Waals surface area contributed by atoms with Gasteiger partial charge in [-0.15, -0.1) is 11.3 Å². The van der Waals surface area contributed by atoms with Crippen LogP contribution in [0, 0.1) is 5.92 Å². The average molecular weight is 253 g/mol. The van der Waals surface area contributed by atoms with E-state index in [1.807, 2.05) is 11.7 Å². The maximum Gasteiger partial charge on any atom is 0.0794 e. The van der Waals surface area contributed by atoms with Crippen LogP contribution in [0.4, 0.5) is 0 Å². The molecule has 3 nitrogen and oxygen atoms in total. The molecule has 2 heterocycles. The van der Waals surface area contributed by atoms with Gasteiger partial charge in [-0.25, -0.2) is 0 Å². The smallest absolute Gasteiger partial charge is 0.0794 e. The Kier molecular flexibility index (Phi) is 4.54. The molecule has 17 heavy (non-hydrogen) atoms. The van der Waals surface area contributed by atoms with Gasteiger partial charge < -0.3 is 5.32 Å². The quantitative estimate of drug-likeness (QED) is 0.893. The Bertz CT molecular complexity index is 323. The summed E-state index contributed by atoms with van der Waals surface area (Å²) >= 11 is 1.77. The summed E-state index contributed by atoms with van der Waals surface area (Å²) in [6.07, 6.45) is 3.28. The van der Waals surface area contributed by atoms with Crippen molar-refractivity contribution in [1.82, 2.24) is 15.2 Å². The van der Waals surface area contributed by atoms with E-state index in [0.717, 1.165) is 25.6 Å². The fourth-order valence-electron chi connectivity index (χ4n) is 2.52. The molecule has 0 amide bonds. The molecule has 96 valence electrons. The largest absolute Gasteiger partial charge is 0.311 e. The molecule has 0 aliphatic carbocycles. The minimum Gasteiger partial charge on any atom is -0.311 e. The number of hydrogen-bond acceptors (Lipinski definition) is 4. The molecular formula is C13H23N3S. The van der Waals surface area contributed by atoms with Gasteiger partial charge >= 0.3 is 0 Å². The van der Waals surface area contributed by atoms with Gasteiger partial charge in [0.2, 0.25) is 0 Å². The highest BCUT2D eigenvalue weighted by Gasteiger charge is 2.26. The van der Waals surface area contributed by atoms with Gasteiger partial charge in [0.05, 0.1) is 5.51 Å². The van der Waals surface area contributed by atoms with Crippen LogP contribution in [0.1, 0.15) is 32.1 Å². The van der Waals surface area contributed by atoms with Crippen molar-refractivity contribution in [3.8, 4) is 0 Å². The predicted molar refractivity (Wildman–Crippen MR) is 73.2 cm³/mol. The van der Waals surface area contributed by atoms with Crippen molar-refractivity contribution in [2.45, 2.75) is 45.8 Å². The van der Waals surface area contributed by atoms with Gasteiger partial charge in [0.25, 0.3) is 0 Å². The Morgan fingerprint density at radius 1 is 1.59 bits per heavy atom. The van der Waals surface area contributed by atoms with E-state index in [4.69, 9.17) is 0 Å². The fourth-order valence-corrected chi connectivity index (χ4v) is 3.14. The number of piperazine rings is 1. The summed E-state index contributed by atoms with van der Waals surface area (Å²) in [6.45, 7) is 10.2. The maximum atomic E-state index is 4.17. The van der Waals surface area contributed by atoms with Crippen LogP contribution in [0.5, 0.6) is 0 Å². The molecule has 1 N–H and O–H groups in total. The molecule has 2 atom stereocenters. The highest BCUT2D eigenvalue weighted by molar-refractivity contribution is 7.09. The highest BCUT2D eigenvalue weighted by Crippen LogP contribution is 2.19. The number of aromatic nitrogens is 1. The molecule has 0 radical (unpaired) electrons. The average Bonchev–Trinajstić information content (AvgIpc) is 2.74. The molecule has 1 fully saturated rings. The Morgan fingerprint density at radius 3 is 3.06 bits per heavy atom. The third-order valence-corrected chi connectivity index (χ3v) is 4.08. The van der Waals surface area contributed by atoms with E-state index in [1.165, 1.54) is 11.3 Å². The van der Waals surface area contributed by atoms with Gasteiger partial charge in [-0.1, -0.05) is 13.8 Å². The fraction of sp³-hybridized carbons (Fsp3) is 0.769. The summed E-state index contributed by atoms with van der Waals surface area (Å²) in [5.74, 6) is 0.763. The topological polar surface area (TPSA) is 28.2 Å². The van der Waals surface area contributed by atoms with E-state index in [1.54, 1.807) is 11.3 Å². The van der Waals surface area contributed by atoms with Crippen LogP contribution in [-0.2, 0) is 6.54 Å². The summed E-state index contributed by atoms with van der Waals surface area (Å²) in [4.78, 5) is 8.17. The molecule has 1 aliphatic heterocycles. The Labute approximate surface area is 108 Å². The van der Waals surface area contributed by atoms with Crippen molar-refractivity contribution < 1.29 is 0 Å². The molecule has 0 spiro atoms. The van der Waals surface area contributed by atoms with Crippen molar-refractivity contribution >= 4 is 11.3 Å². The van der Waals surface area contributed by atoms with Crippen molar-refractivity contribution in [1.29, 1.82) is 0 Å². The molecule has 0 saturated carbocycles. The van der Waals surface area contributed by atoms with E-state index < -0.39 is 0 Å². The standard InChI is InChI=1S/C13H23N3S/c1-10(2)4-12-5-15-11(3)7-16(12)8-13-6-14-9-17-13/h6,9-12,15H,4-5,7-8H2,1-3H3. The number of nitrogens with one attached hydrogen (secondary N) is 1. The predicted octanol–water partition coefficient (Wildman–Crippen LogP) is 2.35. The molecule has 0 aromatic carbocycles. The first-order chi connectivity index (χ1) is 8.15. The summed E-state index contributed by atoms with van der Waals surface area (Å²) < 4.78 is 0. The lowest BCUT2D eigenvalue weighted by Crippen LogP contribution is -2.55. The molecule has 1 aromatic rings. The molecule has 2 unspecified atom stereocenters. The van der Waals surface area contributed by atoms with E-state index >= 15 is 0 Å².